The quantitative estimate of drug-likeness (QED) is 0.507. The van der Waals surface area contributed by atoms with Gasteiger partial charge >= 0.3 is 5.97 Å². The van der Waals surface area contributed by atoms with E-state index in [4.69, 9.17) is 9.47 Å². The maximum absolute atomic E-state index is 14.1. The zero-order valence-corrected chi connectivity index (χ0v) is 20.2. The number of likely N-dealkylation sites (tertiary alicyclic amines) is 1. The highest BCUT2D eigenvalue weighted by molar-refractivity contribution is 5.99. The van der Waals surface area contributed by atoms with Crippen LogP contribution in [0.5, 0.6) is 0 Å². The fourth-order valence-corrected chi connectivity index (χ4v) is 6.03. The molecule has 6 atom stereocenters. The summed E-state index contributed by atoms with van der Waals surface area (Å²) < 4.78 is 12.3. The van der Waals surface area contributed by atoms with Crippen molar-refractivity contribution >= 4 is 17.8 Å². The van der Waals surface area contributed by atoms with Gasteiger partial charge in [-0.1, -0.05) is 38.2 Å². The van der Waals surface area contributed by atoms with E-state index < -0.39 is 41.1 Å². The Morgan fingerprint density at radius 1 is 1.09 bits per heavy atom. The van der Waals surface area contributed by atoms with Gasteiger partial charge in [0.1, 0.15) is 17.6 Å². The number of cyclic esters (lactones) is 1. The van der Waals surface area contributed by atoms with Crippen molar-refractivity contribution in [3.8, 4) is 0 Å². The summed E-state index contributed by atoms with van der Waals surface area (Å²) in [5, 5.41) is 10.2. The molecule has 1 spiro atoms. The van der Waals surface area contributed by atoms with E-state index >= 15 is 0 Å². The minimum Gasteiger partial charge on any atom is -0.465 e. The predicted octanol–water partition coefficient (Wildman–Crippen LogP) is 1.67. The third kappa shape index (κ3) is 3.53. The molecule has 33 heavy (non-hydrogen) atoms. The molecule has 0 aliphatic carbocycles. The summed E-state index contributed by atoms with van der Waals surface area (Å²) in [6.45, 7) is 9.87. The minimum atomic E-state index is -1.32. The van der Waals surface area contributed by atoms with Gasteiger partial charge in [0.05, 0.1) is 30.8 Å². The first-order valence-electron chi connectivity index (χ1n) is 12.0. The van der Waals surface area contributed by atoms with Crippen molar-refractivity contribution in [2.45, 2.75) is 76.8 Å². The number of carbonyl (C=O) groups excluding carboxylic acids is 3. The Kier molecular flexibility index (Phi) is 6.20. The average Bonchev–Trinajstić information content (AvgIpc) is 3.08. The number of aliphatic hydroxyl groups excluding tert-OH is 1. The second-order valence-electron chi connectivity index (χ2n) is 10.4. The van der Waals surface area contributed by atoms with Gasteiger partial charge in [0.15, 0.2) is 0 Å². The van der Waals surface area contributed by atoms with Gasteiger partial charge < -0.3 is 24.4 Å². The third-order valence-corrected chi connectivity index (χ3v) is 7.66. The summed E-state index contributed by atoms with van der Waals surface area (Å²) in [5.74, 6) is -2.94. The molecule has 1 unspecified atom stereocenters. The Hall–Kier alpha value is -2.19. The van der Waals surface area contributed by atoms with E-state index in [0.29, 0.717) is 13.0 Å². The van der Waals surface area contributed by atoms with E-state index in [1.165, 1.54) is 4.90 Å². The number of carbonyl (C=O) groups is 3. The fourth-order valence-electron chi connectivity index (χ4n) is 6.03. The lowest BCUT2D eigenvalue weighted by molar-refractivity contribution is -0.162. The summed E-state index contributed by atoms with van der Waals surface area (Å²) in [4.78, 5) is 44.6. The van der Waals surface area contributed by atoms with Crippen LogP contribution in [0.15, 0.2) is 24.3 Å². The highest BCUT2D eigenvalue weighted by atomic mass is 16.6. The monoisotopic (exact) mass is 460 g/mol. The molecule has 4 aliphatic rings. The summed E-state index contributed by atoms with van der Waals surface area (Å²) in [6.07, 6.45) is 8.95. The first-order valence-corrected chi connectivity index (χ1v) is 12.0. The number of amides is 2. The first kappa shape index (κ1) is 24.0. The van der Waals surface area contributed by atoms with Crippen LogP contribution in [0.3, 0.4) is 0 Å². The Bertz CT molecular complexity index is 882. The number of hydrogen-bond acceptors (Lipinski definition) is 6. The molecule has 182 valence electrons. The van der Waals surface area contributed by atoms with Gasteiger partial charge in [0.25, 0.3) is 0 Å². The average molecular weight is 461 g/mol. The molecule has 1 N–H and O–H groups in total. The van der Waals surface area contributed by atoms with Crippen molar-refractivity contribution in [1.82, 2.24) is 9.80 Å². The molecule has 0 saturated carbocycles. The Labute approximate surface area is 195 Å². The molecule has 0 bridgehead atoms. The van der Waals surface area contributed by atoms with Crippen molar-refractivity contribution in [3.63, 3.8) is 0 Å². The van der Waals surface area contributed by atoms with E-state index in [1.807, 2.05) is 52.0 Å². The maximum Gasteiger partial charge on any atom is 0.313 e. The zero-order valence-electron chi connectivity index (χ0n) is 20.2. The molecule has 2 saturated heterocycles. The third-order valence-electron chi connectivity index (χ3n) is 7.66. The van der Waals surface area contributed by atoms with Crippen LogP contribution in [0.2, 0.25) is 0 Å². The molecule has 8 heteroatoms. The molecule has 0 aromatic rings. The molecule has 4 rings (SSSR count). The van der Waals surface area contributed by atoms with Crippen LogP contribution in [0.25, 0.3) is 0 Å². The van der Waals surface area contributed by atoms with Gasteiger partial charge in [0, 0.05) is 12.6 Å². The predicted molar refractivity (Wildman–Crippen MR) is 121 cm³/mol. The number of esters is 1. The van der Waals surface area contributed by atoms with Gasteiger partial charge in [-0.05, 0) is 39.5 Å². The van der Waals surface area contributed by atoms with E-state index in [-0.39, 0.29) is 37.0 Å². The molecule has 2 amide bonds. The highest BCUT2D eigenvalue weighted by Crippen LogP contribution is 2.57. The molecule has 2 fully saturated rings. The van der Waals surface area contributed by atoms with Gasteiger partial charge in [0.2, 0.25) is 11.8 Å². The molecule has 4 aliphatic heterocycles. The number of nitrogens with zero attached hydrogens (tertiary/aromatic N) is 2. The largest absolute Gasteiger partial charge is 0.465 e. The van der Waals surface area contributed by atoms with Crippen LogP contribution in [-0.4, -0.2) is 81.8 Å². The van der Waals surface area contributed by atoms with Crippen molar-refractivity contribution in [3.05, 3.63) is 24.3 Å². The standard InChI is InChI=1S/C25H36N2O6/c1-15(2)17(14-28)27-20-22(30)26(16(3)4)12-9-11-25(20)18(21(27)29)19-23(31)32-13-8-6-7-10-24(19,5)33-25/h7,9-11,15-20,28H,6,8,12-14H2,1-5H3/b10-7-/t17-,18-,19+,20?,24-,25-/m0/s1. The van der Waals surface area contributed by atoms with Crippen LogP contribution in [0, 0.1) is 17.8 Å². The molecule has 0 radical (unpaired) electrons. The van der Waals surface area contributed by atoms with Crippen molar-refractivity contribution in [2.75, 3.05) is 19.8 Å². The first-order chi connectivity index (χ1) is 15.6. The lowest BCUT2D eigenvalue weighted by Crippen LogP contribution is -2.60. The summed E-state index contributed by atoms with van der Waals surface area (Å²) in [5.41, 5.74) is -2.40. The van der Waals surface area contributed by atoms with E-state index in [0.717, 1.165) is 6.42 Å². The molecule has 8 nitrogen and oxygen atoms in total. The number of fused-ring (bicyclic) bond motifs is 2. The number of ether oxygens (including phenoxy) is 2. The zero-order chi connectivity index (χ0) is 24.1. The van der Waals surface area contributed by atoms with Crippen LogP contribution in [-0.2, 0) is 23.9 Å². The van der Waals surface area contributed by atoms with Gasteiger partial charge in [-0.3, -0.25) is 14.4 Å². The number of allylic oxidation sites excluding steroid dienone is 1. The van der Waals surface area contributed by atoms with Crippen molar-refractivity contribution in [1.29, 1.82) is 0 Å². The second-order valence-corrected chi connectivity index (χ2v) is 10.4. The van der Waals surface area contributed by atoms with E-state index in [2.05, 4.69) is 0 Å². The lowest BCUT2D eigenvalue weighted by atomic mass is 9.74. The lowest BCUT2D eigenvalue weighted by Gasteiger charge is -2.41. The molecule has 0 aromatic carbocycles. The number of aliphatic hydroxyl groups is 1. The van der Waals surface area contributed by atoms with Crippen LogP contribution in [0.4, 0.5) is 0 Å². The minimum absolute atomic E-state index is 0.0843. The van der Waals surface area contributed by atoms with Crippen molar-refractivity contribution in [2.24, 2.45) is 17.8 Å². The van der Waals surface area contributed by atoms with Crippen LogP contribution < -0.4 is 0 Å². The maximum atomic E-state index is 14.1. The van der Waals surface area contributed by atoms with Crippen molar-refractivity contribution < 1.29 is 29.0 Å². The fraction of sp³-hybridized carbons (Fsp3) is 0.720. The van der Waals surface area contributed by atoms with E-state index in [1.54, 1.807) is 11.8 Å². The summed E-state index contributed by atoms with van der Waals surface area (Å²) >= 11 is 0. The van der Waals surface area contributed by atoms with Gasteiger partial charge in [-0.25, -0.2) is 0 Å². The second kappa shape index (κ2) is 8.55. The summed E-state index contributed by atoms with van der Waals surface area (Å²) in [6, 6.07) is -1.63. The normalized spacial score (nSPS) is 38.3. The Balaban J connectivity index is 1.92. The number of hydrogen-bond donors (Lipinski definition) is 1. The Morgan fingerprint density at radius 2 is 1.82 bits per heavy atom. The number of rotatable bonds is 4. The van der Waals surface area contributed by atoms with Crippen LogP contribution in [0.1, 0.15) is 47.5 Å². The Morgan fingerprint density at radius 3 is 2.45 bits per heavy atom. The molecular formula is C25H36N2O6. The van der Waals surface area contributed by atoms with Gasteiger partial charge in [-0.15, -0.1) is 0 Å². The highest BCUT2D eigenvalue weighted by Gasteiger charge is 2.75. The summed E-state index contributed by atoms with van der Waals surface area (Å²) in [7, 11) is 0. The molecular weight excluding hydrogens is 424 g/mol. The van der Waals surface area contributed by atoms with E-state index in [9.17, 15) is 19.5 Å². The van der Waals surface area contributed by atoms with Crippen LogP contribution >= 0.6 is 0 Å². The SMILES string of the molecule is CC(C)[C@H](CO)N1C(=O)[C@@H]2[C@@H]3C(=O)OCCC/C=C\[C@]3(C)O[C@@]23C=CCN(C(C)C)C(=O)C13. The molecule has 0 aromatic heterocycles. The topological polar surface area (TPSA) is 96.4 Å². The smallest absolute Gasteiger partial charge is 0.313 e. The molecule has 4 heterocycles. The van der Waals surface area contributed by atoms with Gasteiger partial charge in [-0.2, -0.15) is 0 Å².